The molecule has 158 valence electrons. The van der Waals surface area contributed by atoms with Crippen molar-refractivity contribution in [2.45, 2.75) is 26.7 Å². The van der Waals surface area contributed by atoms with Crippen LogP contribution in [0.4, 0.5) is 11.4 Å². The van der Waals surface area contributed by atoms with Gasteiger partial charge in [0.25, 0.3) is 5.91 Å². The van der Waals surface area contributed by atoms with Gasteiger partial charge in [0.1, 0.15) is 5.75 Å². The maximum Gasteiger partial charge on any atom is 0.338 e. The highest BCUT2D eigenvalue weighted by Crippen LogP contribution is 2.23. The predicted octanol–water partition coefficient (Wildman–Crippen LogP) is 3.64. The molecule has 0 bridgehead atoms. The second-order valence-corrected chi connectivity index (χ2v) is 7.55. The third-order valence-corrected chi connectivity index (χ3v) is 4.54. The lowest BCUT2D eigenvalue weighted by molar-refractivity contribution is -0.119. The summed E-state index contributed by atoms with van der Waals surface area (Å²) in [5, 5.41) is 2.67. The number of ether oxygens (including phenoxy) is 2. The van der Waals surface area contributed by atoms with Gasteiger partial charge in [-0.1, -0.05) is 13.8 Å². The summed E-state index contributed by atoms with van der Waals surface area (Å²) in [5.41, 5.74) is 1.72. The number of carbonyl (C=O) groups excluding carboxylic acids is 3. The molecule has 0 atom stereocenters. The smallest absolute Gasteiger partial charge is 0.338 e. The molecule has 1 aliphatic heterocycles. The van der Waals surface area contributed by atoms with Crippen molar-refractivity contribution in [2.24, 2.45) is 5.92 Å². The number of nitrogens with one attached hydrogen (secondary N) is 1. The van der Waals surface area contributed by atoms with Crippen molar-refractivity contribution in [3.05, 3.63) is 54.1 Å². The number of nitrogens with zero attached hydrogens (tertiary/aromatic N) is 1. The fourth-order valence-corrected chi connectivity index (χ4v) is 3.01. The van der Waals surface area contributed by atoms with E-state index < -0.39 is 18.5 Å². The van der Waals surface area contributed by atoms with Gasteiger partial charge in [-0.15, -0.1) is 0 Å². The van der Waals surface area contributed by atoms with E-state index in [0.29, 0.717) is 42.5 Å². The van der Waals surface area contributed by atoms with Crippen molar-refractivity contribution in [2.75, 3.05) is 30.0 Å². The highest BCUT2D eigenvalue weighted by atomic mass is 16.5. The van der Waals surface area contributed by atoms with Gasteiger partial charge in [0.15, 0.2) is 6.61 Å². The van der Waals surface area contributed by atoms with Crippen molar-refractivity contribution < 1.29 is 23.9 Å². The zero-order valence-corrected chi connectivity index (χ0v) is 17.2. The van der Waals surface area contributed by atoms with Crippen LogP contribution in [-0.2, 0) is 14.3 Å². The van der Waals surface area contributed by atoms with Crippen LogP contribution in [0.5, 0.6) is 5.75 Å². The van der Waals surface area contributed by atoms with Crippen LogP contribution in [0.25, 0.3) is 0 Å². The molecule has 1 aliphatic rings. The largest absolute Gasteiger partial charge is 0.493 e. The highest BCUT2D eigenvalue weighted by Gasteiger charge is 2.21. The van der Waals surface area contributed by atoms with Crippen molar-refractivity contribution in [3.63, 3.8) is 0 Å². The van der Waals surface area contributed by atoms with Crippen LogP contribution in [-0.4, -0.2) is 37.5 Å². The molecule has 0 saturated carbocycles. The van der Waals surface area contributed by atoms with Crippen LogP contribution in [0.3, 0.4) is 0 Å². The third-order valence-electron chi connectivity index (χ3n) is 4.54. The van der Waals surface area contributed by atoms with E-state index in [2.05, 4.69) is 19.2 Å². The van der Waals surface area contributed by atoms with Gasteiger partial charge < -0.3 is 19.7 Å². The number of hydrogen-bond acceptors (Lipinski definition) is 5. The first kappa shape index (κ1) is 21.4. The normalized spacial score (nSPS) is 13.4. The Morgan fingerprint density at radius 3 is 2.37 bits per heavy atom. The van der Waals surface area contributed by atoms with Crippen LogP contribution in [0.1, 0.15) is 37.0 Å². The minimum Gasteiger partial charge on any atom is -0.493 e. The second kappa shape index (κ2) is 9.91. The molecule has 1 heterocycles. The quantitative estimate of drug-likeness (QED) is 0.672. The summed E-state index contributed by atoms with van der Waals surface area (Å²) >= 11 is 0. The molecule has 0 spiro atoms. The average Bonchev–Trinajstić information content (AvgIpc) is 3.17. The van der Waals surface area contributed by atoms with Gasteiger partial charge in [-0.25, -0.2) is 4.79 Å². The molecule has 1 N–H and O–H groups in total. The van der Waals surface area contributed by atoms with Gasteiger partial charge in [-0.2, -0.15) is 0 Å². The first-order valence-corrected chi connectivity index (χ1v) is 10.0. The van der Waals surface area contributed by atoms with Crippen LogP contribution in [0, 0.1) is 5.92 Å². The molecule has 0 aliphatic carbocycles. The predicted molar refractivity (Wildman–Crippen MR) is 114 cm³/mol. The number of esters is 1. The lowest BCUT2D eigenvalue weighted by Crippen LogP contribution is -2.23. The van der Waals surface area contributed by atoms with E-state index in [9.17, 15) is 14.4 Å². The number of amides is 2. The van der Waals surface area contributed by atoms with Crippen molar-refractivity contribution >= 4 is 29.2 Å². The van der Waals surface area contributed by atoms with Gasteiger partial charge in [0, 0.05) is 24.3 Å². The van der Waals surface area contributed by atoms with E-state index in [1.54, 1.807) is 53.4 Å². The van der Waals surface area contributed by atoms with Crippen molar-refractivity contribution in [1.82, 2.24) is 0 Å². The molecular formula is C23H26N2O5. The van der Waals surface area contributed by atoms with E-state index in [1.165, 1.54) is 0 Å². The number of carbonyl (C=O) groups is 3. The Morgan fingerprint density at radius 1 is 1.07 bits per heavy atom. The Bertz CT molecular complexity index is 891. The van der Waals surface area contributed by atoms with Crippen LogP contribution >= 0.6 is 0 Å². The lowest BCUT2D eigenvalue weighted by Gasteiger charge is -2.16. The Hall–Kier alpha value is -3.35. The van der Waals surface area contributed by atoms with Gasteiger partial charge in [0.2, 0.25) is 5.91 Å². The summed E-state index contributed by atoms with van der Waals surface area (Å²) < 4.78 is 10.7. The molecule has 0 unspecified atom stereocenters. The number of rotatable bonds is 8. The van der Waals surface area contributed by atoms with E-state index in [-0.39, 0.29) is 5.91 Å². The van der Waals surface area contributed by atoms with Gasteiger partial charge in [-0.3, -0.25) is 9.59 Å². The fraction of sp³-hybridized carbons (Fsp3) is 0.348. The molecule has 0 radical (unpaired) electrons. The SMILES string of the molecule is CC(C)COc1ccc(C(=O)OCC(=O)Nc2ccc(N3CCCC3=O)cc2)cc1. The van der Waals surface area contributed by atoms with E-state index >= 15 is 0 Å². The number of benzene rings is 2. The Labute approximate surface area is 176 Å². The maximum atomic E-state index is 12.1. The molecule has 2 aromatic rings. The first-order valence-electron chi connectivity index (χ1n) is 10.0. The maximum absolute atomic E-state index is 12.1. The van der Waals surface area contributed by atoms with E-state index in [4.69, 9.17) is 9.47 Å². The lowest BCUT2D eigenvalue weighted by atomic mass is 10.2. The minimum absolute atomic E-state index is 0.109. The van der Waals surface area contributed by atoms with Crippen molar-refractivity contribution in [1.29, 1.82) is 0 Å². The van der Waals surface area contributed by atoms with Gasteiger partial charge in [-0.05, 0) is 60.9 Å². The van der Waals surface area contributed by atoms with E-state index in [1.807, 2.05) is 0 Å². The Kier molecular flexibility index (Phi) is 7.06. The molecule has 1 saturated heterocycles. The number of anilines is 2. The molecule has 3 rings (SSSR count). The summed E-state index contributed by atoms with van der Waals surface area (Å²) in [6.45, 7) is 5.03. The summed E-state index contributed by atoms with van der Waals surface area (Å²) in [5.74, 6) is 0.177. The number of hydrogen-bond donors (Lipinski definition) is 1. The molecule has 2 aromatic carbocycles. The highest BCUT2D eigenvalue weighted by molar-refractivity contribution is 5.97. The van der Waals surface area contributed by atoms with E-state index in [0.717, 1.165) is 12.1 Å². The molecule has 30 heavy (non-hydrogen) atoms. The average molecular weight is 410 g/mol. The van der Waals surface area contributed by atoms with Gasteiger partial charge >= 0.3 is 5.97 Å². The standard InChI is InChI=1S/C23H26N2O5/c1-16(2)14-29-20-11-5-17(6-12-20)23(28)30-15-21(26)24-18-7-9-19(10-8-18)25-13-3-4-22(25)27/h5-12,16H,3-4,13-15H2,1-2H3,(H,24,26). The molecular weight excluding hydrogens is 384 g/mol. The Morgan fingerprint density at radius 2 is 1.77 bits per heavy atom. The molecule has 7 heteroatoms. The van der Waals surface area contributed by atoms with Crippen LogP contribution < -0.4 is 15.0 Å². The topological polar surface area (TPSA) is 84.9 Å². The first-order chi connectivity index (χ1) is 14.4. The van der Waals surface area contributed by atoms with Crippen LogP contribution in [0.2, 0.25) is 0 Å². The second-order valence-electron chi connectivity index (χ2n) is 7.55. The van der Waals surface area contributed by atoms with Crippen molar-refractivity contribution in [3.8, 4) is 5.75 Å². The zero-order valence-electron chi connectivity index (χ0n) is 17.2. The fourth-order valence-electron chi connectivity index (χ4n) is 3.01. The molecule has 7 nitrogen and oxygen atoms in total. The van der Waals surface area contributed by atoms with Crippen LogP contribution in [0.15, 0.2) is 48.5 Å². The third kappa shape index (κ3) is 5.83. The molecule has 1 fully saturated rings. The summed E-state index contributed by atoms with van der Waals surface area (Å²) in [7, 11) is 0. The molecule has 0 aromatic heterocycles. The summed E-state index contributed by atoms with van der Waals surface area (Å²) in [6, 6.07) is 13.6. The molecule has 2 amide bonds. The summed E-state index contributed by atoms with van der Waals surface area (Å²) in [6.07, 6.45) is 1.42. The summed E-state index contributed by atoms with van der Waals surface area (Å²) in [4.78, 5) is 37.7. The minimum atomic E-state index is -0.580. The Balaban J connectivity index is 1.46. The van der Waals surface area contributed by atoms with Gasteiger partial charge in [0.05, 0.1) is 12.2 Å². The monoisotopic (exact) mass is 410 g/mol. The zero-order chi connectivity index (χ0) is 21.5.